The Morgan fingerprint density at radius 2 is 1.41 bits per heavy atom. The van der Waals surface area contributed by atoms with E-state index in [-0.39, 0.29) is 11.8 Å². The van der Waals surface area contributed by atoms with E-state index in [9.17, 15) is 9.59 Å². The largest absolute Gasteiger partial charge is 0.326 e. The molecular weight excluding hydrogens is 276 g/mol. The molecule has 0 saturated heterocycles. The van der Waals surface area contributed by atoms with Crippen LogP contribution >= 0.6 is 0 Å². The van der Waals surface area contributed by atoms with Gasteiger partial charge in [-0.2, -0.15) is 0 Å². The molecule has 2 amide bonds. The number of anilines is 2. The van der Waals surface area contributed by atoms with Crippen LogP contribution in [0.2, 0.25) is 0 Å². The van der Waals surface area contributed by atoms with Crippen molar-refractivity contribution in [3.05, 3.63) is 58.7 Å². The van der Waals surface area contributed by atoms with Gasteiger partial charge in [0.05, 0.1) is 0 Å². The van der Waals surface area contributed by atoms with Crippen LogP contribution in [0, 0.1) is 20.8 Å². The van der Waals surface area contributed by atoms with Crippen LogP contribution in [-0.4, -0.2) is 11.8 Å². The molecule has 0 aliphatic rings. The van der Waals surface area contributed by atoms with Crippen LogP contribution in [0.15, 0.2) is 36.4 Å². The monoisotopic (exact) mass is 296 g/mol. The van der Waals surface area contributed by atoms with Gasteiger partial charge in [-0.25, -0.2) is 0 Å². The molecule has 2 rings (SSSR count). The summed E-state index contributed by atoms with van der Waals surface area (Å²) in [6.45, 7) is 7.27. The van der Waals surface area contributed by atoms with E-state index in [2.05, 4.69) is 10.6 Å². The molecule has 4 nitrogen and oxygen atoms in total. The normalized spacial score (nSPS) is 10.2. The molecule has 0 aliphatic heterocycles. The van der Waals surface area contributed by atoms with Gasteiger partial charge < -0.3 is 10.6 Å². The van der Waals surface area contributed by atoms with Gasteiger partial charge in [-0.15, -0.1) is 0 Å². The van der Waals surface area contributed by atoms with Crippen LogP contribution in [0.4, 0.5) is 11.4 Å². The Morgan fingerprint density at radius 1 is 0.818 bits per heavy atom. The van der Waals surface area contributed by atoms with E-state index in [0.717, 1.165) is 22.4 Å². The first-order valence-corrected chi connectivity index (χ1v) is 7.13. The summed E-state index contributed by atoms with van der Waals surface area (Å²) in [5.41, 5.74) is 4.97. The topological polar surface area (TPSA) is 58.2 Å². The summed E-state index contributed by atoms with van der Waals surface area (Å²) in [7, 11) is 0. The molecule has 0 spiro atoms. The zero-order valence-corrected chi connectivity index (χ0v) is 13.3. The Kier molecular flexibility index (Phi) is 4.61. The van der Waals surface area contributed by atoms with Crippen LogP contribution < -0.4 is 10.6 Å². The van der Waals surface area contributed by atoms with Gasteiger partial charge in [0.25, 0.3) is 5.91 Å². The maximum Gasteiger partial charge on any atom is 0.255 e. The van der Waals surface area contributed by atoms with Crippen LogP contribution in [0.25, 0.3) is 0 Å². The second kappa shape index (κ2) is 6.43. The van der Waals surface area contributed by atoms with Crippen molar-refractivity contribution in [2.75, 3.05) is 10.6 Å². The minimum atomic E-state index is -0.194. The highest BCUT2D eigenvalue weighted by Gasteiger charge is 2.10. The van der Waals surface area contributed by atoms with Gasteiger partial charge in [-0.1, -0.05) is 18.2 Å². The zero-order chi connectivity index (χ0) is 16.3. The lowest BCUT2D eigenvalue weighted by atomic mass is 10.1. The smallest absolute Gasteiger partial charge is 0.255 e. The van der Waals surface area contributed by atoms with E-state index < -0.39 is 0 Å². The molecule has 0 atom stereocenters. The summed E-state index contributed by atoms with van der Waals surface area (Å²) < 4.78 is 0. The lowest BCUT2D eigenvalue weighted by molar-refractivity contribution is -0.114. The lowest BCUT2D eigenvalue weighted by Crippen LogP contribution is -2.14. The predicted octanol–water partition coefficient (Wildman–Crippen LogP) is 3.82. The Bertz CT molecular complexity index is 736. The van der Waals surface area contributed by atoms with Crippen molar-refractivity contribution in [3.8, 4) is 0 Å². The summed E-state index contributed by atoms with van der Waals surface area (Å²) in [5.74, 6) is -0.351. The van der Waals surface area contributed by atoms with Crippen LogP contribution in [0.3, 0.4) is 0 Å². The number of amides is 2. The van der Waals surface area contributed by atoms with Crippen molar-refractivity contribution in [3.63, 3.8) is 0 Å². The quantitative estimate of drug-likeness (QED) is 0.904. The number of nitrogens with one attached hydrogen (secondary N) is 2. The molecule has 22 heavy (non-hydrogen) atoms. The Balaban J connectivity index is 2.26. The Labute approximate surface area is 130 Å². The fourth-order valence-corrected chi connectivity index (χ4v) is 2.15. The molecule has 0 aliphatic carbocycles. The van der Waals surface area contributed by atoms with Gasteiger partial charge in [0, 0.05) is 23.9 Å². The van der Waals surface area contributed by atoms with Crippen molar-refractivity contribution >= 4 is 23.2 Å². The second-order valence-electron chi connectivity index (χ2n) is 5.48. The first-order valence-electron chi connectivity index (χ1n) is 7.13. The van der Waals surface area contributed by atoms with E-state index in [0.29, 0.717) is 11.3 Å². The minimum Gasteiger partial charge on any atom is -0.326 e. The van der Waals surface area contributed by atoms with Gasteiger partial charge in [0.15, 0.2) is 0 Å². The highest BCUT2D eigenvalue weighted by Crippen LogP contribution is 2.20. The maximum absolute atomic E-state index is 12.4. The molecule has 114 valence electrons. The molecule has 0 bridgehead atoms. The molecule has 0 saturated carbocycles. The van der Waals surface area contributed by atoms with Crippen molar-refractivity contribution in [1.82, 2.24) is 0 Å². The molecule has 2 N–H and O–H groups in total. The fourth-order valence-electron chi connectivity index (χ4n) is 2.15. The van der Waals surface area contributed by atoms with E-state index >= 15 is 0 Å². The number of carbonyl (C=O) groups is 2. The van der Waals surface area contributed by atoms with Gasteiger partial charge in [0.2, 0.25) is 5.91 Å². The standard InChI is InChI=1S/C18H20N2O2/c1-11-5-6-12(2)16(9-11)20-18(22)15-8-7-13(3)17(10-15)19-14(4)21/h5-10H,1-4H3,(H,19,21)(H,20,22). The first kappa shape index (κ1) is 15.8. The number of hydrogen-bond acceptors (Lipinski definition) is 2. The van der Waals surface area contributed by atoms with Crippen LogP contribution in [-0.2, 0) is 4.79 Å². The van der Waals surface area contributed by atoms with Gasteiger partial charge >= 0.3 is 0 Å². The maximum atomic E-state index is 12.4. The molecule has 2 aromatic rings. The minimum absolute atomic E-state index is 0.157. The SMILES string of the molecule is CC(=O)Nc1cc(C(=O)Nc2cc(C)ccc2C)ccc1C. The molecule has 2 aromatic carbocycles. The Morgan fingerprint density at radius 3 is 2.05 bits per heavy atom. The summed E-state index contributed by atoms with van der Waals surface area (Å²) in [5, 5.41) is 5.65. The van der Waals surface area contributed by atoms with Crippen molar-refractivity contribution in [1.29, 1.82) is 0 Å². The molecule has 0 unspecified atom stereocenters. The third kappa shape index (κ3) is 3.73. The fraction of sp³-hybridized carbons (Fsp3) is 0.222. The number of hydrogen-bond donors (Lipinski definition) is 2. The Hall–Kier alpha value is -2.62. The predicted molar refractivity (Wildman–Crippen MR) is 89.4 cm³/mol. The van der Waals surface area contributed by atoms with Gasteiger partial charge in [-0.05, 0) is 55.7 Å². The number of carbonyl (C=O) groups excluding carboxylic acids is 2. The zero-order valence-electron chi connectivity index (χ0n) is 13.3. The average molecular weight is 296 g/mol. The first-order chi connectivity index (χ1) is 10.4. The summed E-state index contributed by atoms with van der Waals surface area (Å²) in [6, 6.07) is 11.2. The van der Waals surface area contributed by atoms with Crippen molar-refractivity contribution in [2.45, 2.75) is 27.7 Å². The second-order valence-corrected chi connectivity index (χ2v) is 5.48. The molecular formula is C18H20N2O2. The van der Waals surface area contributed by atoms with E-state index in [4.69, 9.17) is 0 Å². The lowest BCUT2D eigenvalue weighted by Gasteiger charge is -2.12. The average Bonchev–Trinajstić information content (AvgIpc) is 2.44. The number of rotatable bonds is 3. The van der Waals surface area contributed by atoms with Gasteiger partial charge in [-0.3, -0.25) is 9.59 Å². The molecule has 0 heterocycles. The number of benzene rings is 2. The third-order valence-corrected chi connectivity index (χ3v) is 3.45. The highest BCUT2D eigenvalue weighted by molar-refractivity contribution is 6.05. The van der Waals surface area contributed by atoms with E-state index in [1.54, 1.807) is 12.1 Å². The van der Waals surface area contributed by atoms with Crippen molar-refractivity contribution in [2.24, 2.45) is 0 Å². The third-order valence-electron chi connectivity index (χ3n) is 3.45. The summed E-state index contributed by atoms with van der Waals surface area (Å²) in [6.07, 6.45) is 0. The molecule has 4 heteroatoms. The molecule has 0 radical (unpaired) electrons. The van der Waals surface area contributed by atoms with Gasteiger partial charge in [0.1, 0.15) is 0 Å². The van der Waals surface area contributed by atoms with E-state index in [1.165, 1.54) is 6.92 Å². The highest BCUT2D eigenvalue weighted by atomic mass is 16.2. The summed E-state index contributed by atoms with van der Waals surface area (Å²) >= 11 is 0. The van der Waals surface area contributed by atoms with E-state index in [1.807, 2.05) is 45.0 Å². The van der Waals surface area contributed by atoms with Crippen LogP contribution in [0.5, 0.6) is 0 Å². The van der Waals surface area contributed by atoms with Crippen molar-refractivity contribution < 1.29 is 9.59 Å². The molecule has 0 aromatic heterocycles. The van der Waals surface area contributed by atoms with Crippen LogP contribution in [0.1, 0.15) is 34.0 Å². The number of aryl methyl sites for hydroxylation is 3. The summed E-state index contributed by atoms with van der Waals surface area (Å²) in [4.78, 5) is 23.6. The molecule has 0 fully saturated rings.